The molecule has 0 radical (unpaired) electrons. The summed E-state index contributed by atoms with van der Waals surface area (Å²) >= 11 is 1.64. The number of rotatable bonds is 0. The molecule has 0 saturated carbocycles. The quantitative estimate of drug-likeness (QED) is 0.561. The molecule has 3 heterocycles. The summed E-state index contributed by atoms with van der Waals surface area (Å²) < 4.78 is 0. The average Bonchev–Trinajstić information content (AvgIpc) is 2.71. The van der Waals surface area contributed by atoms with Gasteiger partial charge in [-0.3, -0.25) is 4.99 Å². The normalized spacial score (nSPS) is 16.7. The lowest BCUT2D eigenvalue weighted by atomic mass is 10.4. The van der Waals surface area contributed by atoms with Crippen LogP contribution in [0.25, 0.3) is 0 Å². The smallest absolute Gasteiger partial charge is 0.125 e. The summed E-state index contributed by atoms with van der Waals surface area (Å²) in [5.41, 5.74) is 0.833. The maximum absolute atomic E-state index is 4.30. The number of aromatic nitrogens is 1. The van der Waals surface area contributed by atoms with Gasteiger partial charge < -0.3 is 0 Å². The molecule has 0 bridgehead atoms. The maximum atomic E-state index is 4.30. The van der Waals surface area contributed by atoms with E-state index in [1.807, 2.05) is 0 Å². The predicted molar refractivity (Wildman–Crippen MR) is 45.4 cm³/mol. The second kappa shape index (κ2) is 2.13. The molecule has 58 valence electrons. The Hall–Kier alpha value is -1.23. The molecule has 2 aliphatic heterocycles. The zero-order valence-electron chi connectivity index (χ0n) is 6.06. The molecule has 0 amide bonds. The molecule has 0 aliphatic carbocycles. The second-order valence-electron chi connectivity index (χ2n) is 2.45. The summed E-state index contributed by atoms with van der Waals surface area (Å²) in [6.07, 6.45) is 3.29. The van der Waals surface area contributed by atoms with Crippen molar-refractivity contribution in [3.8, 4) is 0 Å². The highest BCUT2D eigenvalue weighted by Crippen LogP contribution is 2.16. The fraction of sp³-hybridized carbons (Fsp3) is 0.143. The van der Waals surface area contributed by atoms with E-state index in [-0.39, 0.29) is 0 Å². The van der Waals surface area contributed by atoms with Crippen molar-refractivity contribution in [2.24, 2.45) is 15.0 Å². The predicted octanol–water partition coefficient (Wildman–Crippen LogP) is 0.0574. The van der Waals surface area contributed by atoms with Crippen LogP contribution in [0, 0.1) is 0 Å². The Morgan fingerprint density at radius 1 is 1.33 bits per heavy atom. The first kappa shape index (κ1) is 6.30. The van der Waals surface area contributed by atoms with Gasteiger partial charge in [-0.05, 0) is 0 Å². The van der Waals surface area contributed by atoms with E-state index in [2.05, 4.69) is 20.0 Å². The van der Waals surface area contributed by atoms with Crippen molar-refractivity contribution in [2.75, 3.05) is 5.88 Å². The Balaban J connectivity index is 2.54. The van der Waals surface area contributed by atoms with Crippen molar-refractivity contribution in [3.63, 3.8) is 0 Å². The van der Waals surface area contributed by atoms with Crippen LogP contribution in [-0.2, 0) is 0 Å². The highest BCUT2D eigenvalue weighted by molar-refractivity contribution is 7.99. The summed E-state index contributed by atoms with van der Waals surface area (Å²) in [6, 6.07) is 0. The van der Waals surface area contributed by atoms with Gasteiger partial charge in [-0.2, -0.15) is 0 Å². The monoisotopic (exact) mass is 176 g/mol. The lowest BCUT2D eigenvalue weighted by molar-refractivity contribution is 1.04. The third-order valence-electron chi connectivity index (χ3n) is 1.78. The first-order chi connectivity index (χ1) is 5.95. The van der Waals surface area contributed by atoms with E-state index in [1.165, 1.54) is 0 Å². The van der Waals surface area contributed by atoms with Crippen LogP contribution in [0.1, 0.15) is 0 Å². The van der Waals surface area contributed by atoms with Gasteiger partial charge in [-0.1, -0.05) is 11.8 Å². The number of fused-ring (bicyclic) bond motifs is 3. The van der Waals surface area contributed by atoms with Crippen LogP contribution in [-0.4, -0.2) is 17.2 Å². The van der Waals surface area contributed by atoms with E-state index >= 15 is 0 Å². The average molecular weight is 176 g/mol. The highest BCUT2D eigenvalue weighted by Gasteiger charge is 2.12. The fourth-order valence-corrected chi connectivity index (χ4v) is 1.98. The Morgan fingerprint density at radius 3 is 3.33 bits per heavy atom. The Bertz CT molecular complexity index is 491. The van der Waals surface area contributed by atoms with Crippen LogP contribution in [0.2, 0.25) is 0 Å². The molecule has 12 heavy (non-hydrogen) atoms. The van der Waals surface area contributed by atoms with Crippen LogP contribution in [0.3, 0.4) is 0 Å². The summed E-state index contributed by atoms with van der Waals surface area (Å²) in [5.74, 6) is 0.758. The van der Waals surface area contributed by atoms with Gasteiger partial charge >= 0.3 is 0 Å². The summed E-state index contributed by atoms with van der Waals surface area (Å²) in [4.78, 5) is 16.7. The molecule has 0 N–H and O–H groups in total. The van der Waals surface area contributed by atoms with Crippen molar-refractivity contribution in [2.45, 2.75) is 5.03 Å². The Labute approximate surface area is 72.2 Å². The maximum Gasteiger partial charge on any atom is 0.125 e. The van der Waals surface area contributed by atoms with E-state index in [0.29, 0.717) is 0 Å². The number of hydrogen-bond donors (Lipinski definition) is 0. The van der Waals surface area contributed by atoms with E-state index in [1.54, 1.807) is 24.3 Å². The minimum atomic E-state index is 0.758. The lowest BCUT2D eigenvalue weighted by Gasteiger charge is -1.90. The van der Waals surface area contributed by atoms with Crippen LogP contribution in [0.4, 0.5) is 5.69 Å². The SMILES string of the molecule is C1=Nc2cnc3c(c2=N1)=NCS3. The van der Waals surface area contributed by atoms with Gasteiger partial charge in [0.25, 0.3) is 0 Å². The van der Waals surface area contributed by atoms with Crippen molar-refractivity contribution in [1.29, 1.82) is 0 Å². The van der Waals surface area contributed by atoms with E-state index < -0.39 is 0 Å². The fourth-order valence-electron chi connectivity index (χ4n) is 1.24. The van der Waals surface area contributed by atoms with Gasteiger partial charge in [0.1, 0.15) is 27.8 Å². The van der Waals surface area contributed by atoms with Gasteiger partial charge in [0.2, 0.25) is 0 Å². The minimum Gasteiger partial charge on any atom is -0.269 e. The minimum absolute atomic E-state index is 0.758. The number of thioether (sulfide) groups is 1. The van der Waals surface area contributed by atoms with Gasteiger partial charge in [-0.25, -0.2) is 15.0 Å². The molecule has 5 heteroatoms. The Kier molecular flexibility index (Phi) is 1.12. The molecule has 2 aliphatic rings. The zero-order valence-corrected chi connectivity index (χ0v) is 6.88. The molecule has 3 rings (SSSR count). The first-order valence-corrected chi connectivity index (χ1v) is 4.50. The Morgan fingerprint density at radius 2 is 2.33 bits per heavy atom. The molecular formula is C7H4N4S. The molecule has 0 saturated heterocycles. The molecule has 0 atom stereocenters. The van der Waals surface area contributed by atoms with Crippen molar-refractivity contribution >= 4 is 23.8 Å². The number of aliphatic imine (C=N–C) groups is 1. The molecular weight excluding hydrogens is 172 g/mol. The number of hydrogen-bond acceptors (Lipinski definition) is 5. The van der Waals surface area contributed by atoms with Gasteiger partial charge in [0.05, 0.1) is 12.1 Å². The topological polar surface area (TPSA) is 50.0 Å². The number of pyridine rings is 1. The van der Waals surface area contributed by atoms with Crippen molar-refractivity contribution in [1.82, 2.24) is 4.98 Å². The lowest BCUT2D eigenvalue weighted by Crippen LogP contribution is -2.25. The largest absolute Gasteiger partial charge is 0.269 e. The molecule has 1 aromatic heterocycles. The molecule has 1 aromatic rings. The van der Waals surface area contributed by atoms with Crippen LogP contribution >= 0.6 is 11.8 Å². The van der Waals surface area contributed by atoms with E-state index in [0.717, 1.165) is 27.3 Å². The standard InChI is InChI=1S/C7H4N4S/c1-4-5(10-2-9-4)6-7(8-1)12-3-11-6/h1-2H,3H2. The summed E-state index contributed by atoms with van der Waals surface area (Å²) in [7, 11) is 0. The van der Waals surface area contributed by atoms with E-state index in [9.17, 15) is 0 Å². The summed E-state index contributed by atoms with van der Waals surface area (Å²) in [5, 5.41) is 2.77. The molecule has 0 spiro atoms. The number of nitrogens with zero attached hydrogens (tertiary/aromatic N) is 4. The van der Waals surface area contributed by atoms with Crippen LogP contribution in [0.5, 0.6) is 0 Å². The van der Waals surface area contributed by atoms with Gasteiger partial charge in [-0.15, -0.1) is 0 Å². The third kappa shape index (κ3) is 0.687. The van der Waals surface area contributed by atoms with Gasteiger partial charge in [0, 0.05) is 0 Å². The van der Waals surface area contributed by atoms with Crippen molar-refractivity contribution in [3.05, 3.63) is 16.9 Å². The second-order valence-corrected chi connectivity index (χ2v) is 3.38. The highest BCUT2D eigenvalue weighted by atomic mass is 32.2. The third-order valence-corrected chi connectivity index (χ3v) is 2.61. The van der Waals surface area contributed by atoms with Crippen LogP contribution < -0.4 is 10.7 Å². The molecule has 0 fully saturated rings. The van der Waals surface area contributed by atoms with Crippen LogP contribution in [0.15, 0.2) is 26.2 Å². The first-order valence-electron chi connectivity index (χ1n) is 3.52. The molecule has 0 unspecified atom stereocenters. The molecule has 0 aromatic carbocycles. The zero-order chi connectivity index (χ0) is 7.97. The summed E-state index contributed by atoms with van der Waals surface area (Å²) in [6.45, 7) is 0. The van der Waals surface area contributed by atoms with E-state index in [4.69, 9.17) is 0 Å². The molecule has 4 nitrogen and oxygen atoms in total. The van der Waals surface area contributed by atoms with Gasteiger partial charge in [0.15, 0.2) is 0 Å². The van der Waals surface area contributed by atoms with Crippen molar-refractivity contribution < 1.29 is 0 Å².